The molecule has 308 valence electrons. The number of benzene rings is 5. The van der Waals surface area contributed by atoms with Crippen LogP contribution in [0.25, 0.3) is 44.4 Å². The first-order valence-electron chi connectivity index (χ1n) is 20.8. The quantitative estimate of drug-likeness (QED) is 0.102. The first-order chi connectivity index (χ1) is 29.7. The summed E-state index contributed by atoms with van der Waals surface area (Å²) < 4.78 is 0. The zero-order chi connectivity index (χ0) is 42.0. The molecule has 2 aliphatic rings. The van der Waals surface area contributed by atoms with Crippen LogP contribution in [0.2, 0.25) is 0 Å². The van der Waals surface area contributed by atoms with Gasteiger partial charge in [-0.1, -0.05) is 121 Å². The van der Waals surface area contributed by atoms with E-state index in [2.05, 4.69) is 93.1 Å². The molecule has 2 fully saturated rings. The highest BCUT2D eigenvalue weighted by molar-refractivity contribution is 5.93. The molecule has 61 heavy (non-hydrogen) atoms. The molecule has 12 heteroatoms. The molecule has 2 saturated heterocycles. The number of H-pyrrole nitrogens is 2. The number of carbonyl (C=O) groups excluding carboxylic acids is 2. The van der Waals surface area contributed by atoms with Crippen LogP contribution in [0.4, 0.5) is 4.79 Å². The maximum absolute atomic E-state index is 14.4. The third kappa shape index (κ3) is 7.89. The van der Waals surface area contributed by atoms with Crippen molar-refractivity contribution >= 4 is 28.7 Å². The number of likely N-dealkylation sites (N-methyl/N-ethyl adjacent to an activating group) is 1. The normalized spacial score (nSPS) is 17.5. The van der Waals surface area contributed by atoms with Crippen molar-refractivity contribution in [3.8, 4) is 33.6 Å². The van der Waals surface area contributed by atoms with Gasteiger partial charge in [0, 0.05) is 13.1 Å². The third-order valence-corrected chi connectivity index (χ3v) is 12.1. The molecule has 4 heterocycles. The molecule has 0 saturated carbocycles. The van der Waals surface area contributed by atoms with Gasteiger partial charge in [-0.2, -0.15) is 0 Å². The van der Waals surface area contributed by atoms with Gasteiger partial charge in [0.2, 0.25) is 5.91 Å². The molecule has 5 aromatic carbocycles. The average Bonchev–Trinajstić information content (AvgIpc) is 4.13. The lowest BCUT2D eigenvalue weighted by Crippen LogP contribution is -2.42. The highest BCUT2D eigenvalue weighted by Gasteiger charge is 2.39. The number of hydrogen-bond acceptors (Lipinski definition) is 6. The topological polar surface area (TPSA) is 151 Å². The van der Waals surface area contributed by atoms with E-state index < -0.39 is 18.2 Å². The summed E-state index contributed by atoms with van der Waals surface area (Å²) in [5, 5.41) is 14.1. The van der Waals surface area contributed by atoms with E-state index >= 15 is 0 Å². The molecule has 4 atom stereocenters. The van der Waals surface area contributed by atoms with Crippen molar-refractivity contribution in [2.24, 2.45) is 0 Å². The maximum atomic E-state index is 14.4. The summed E-state index contributed by atoms with van der Waals surface area (Å²) in [5.41, 5.74) is 7.45. The van der Waals surface area contributed by atoms with E-state index in [1.54, 1.807) is 35.4 Å². The Hall–Kier alpha value is -7.05. The molecule has 7 aromatic rings. The number of imidazole rings is 2. The first-order valence-corrected chi connectivity index (χ1v) is 20.8. The molecule has 9 rings (SSSR count). The minimum absolute atomic E-state index is 0.0852. The molecule has 2 aliphatic heterocycles. The number of nitrogens with zero attached hydrogens (tertiary/aromatic N) is 5. The highest BCUT2D eigenvalue weighted by Crippen LogP contribution is 2.38. The van der Waals surface area contributed by atoms with Crippen LogP contribution in [0.3, 0.4) is 0 Å². The van der Waals surface area contributed by atoms with Crippen molar-refractivity contribution in [1.29, 1.82) is 0 Å². The Morgan fingerprint density at radius 2 is 1.16 bits per heavy atom. The summed E-state index contributed by atoms with van der Waals surface area (Å²) in [5.74, 6) is 1.27. The first kappa shape index (κ1) is 39.4. The minimum Gasteiger partial charge on any atom is -0.465 e. The molecule has 12 nitrogen and oxygen atoms in total. The Kier molecular flexibility index (Phi) is 10.9. The monoisotopic (exact) mass is 812 g/mol. The number of carbonyl (C=O) groups is 3. The molecule has 0 aliphatic carbocycles. The average molecular weight is 813 g/mol. The number of nitrogens with one attached hydrogen (secondary N) is 3. The number of amides is 3. The number of carboxylic acid groups (broad SMARTS) is 1. The lowest BCUT2D eigenvalue weighted by Gasteiger charge is -2.32. The van der Waals surface area contributed by atoms with Crippen LogP contribution in [0.15, 0.2) is 134 Å². The predicted octanol–water partition coefficient (Wildman–Crippen LogP) is 8.93. The summed E-state index contributed by atoms with van der Waals surface area (Å²) in [4.78, 5) is 62.0. The molecule has 0 bridgehead atoms. The van der Waals surface area contributed by atoms with Gasteiger partial charge in [0.25, 0.3) is 5.91 Å². The molecular weight excluding hydrogens is 765 g/mol. The summed E-state index contributed by atoms with van der Waals surface area (Å²) in [7, 11) is 3.94. The van der Waals surface area contributed by atoms with E-state index in [0.717, 1.165) is 81.5 Å². The SMILES string of the molecule is CN(C)C(C(=O)N1CCC[C@H]1c1ncc(-c2ccc(-c3ccc(-c4cnc([C@@H]5CCCN5C(=O)[C@H](NC(=O)O)c5ccccc5)[nH]4)cc3)cc2)[nH]1)c1cccc2ccccc12. The second-order valence-corrected chi connectivity index (χ2v) is 16.1. The Morgan fingerprint density at radius 3 is 1.72 bits per heavy atom. The van der Waals surface area contributed by atoms with E-state index in [1.807, 2.05) is 54.4 Å². The summed E-state index contributed by atoms with van der Waals surface area (Å²) in [6, 6.07) is 38.2. The molecular formula is C49H48N8O4. The van der Waals surface area contributed by atoms with E-state index in [0.29, 0.717) is 24.5 Å². The number of likely N-dealkylation sites (tertiary alicyclic amines) is 2. The zero-order valence-electron chi connectivity index (χ0n) is 34.2. The van der Waals surface area contributed by atoms with E-state index in [4.69, 9.17) is 4.98 Å². The minimum atomic E-state index is -1.25. The standard InChI is InChI=1S/C49H48N8O4/c1-55(2)44(38-16-8-14-33-11-6-7-15-37(33)38)48(59)57-28-10-18-42(57)46-51-30-40(53-46)35-25-21-32(22-26-35)31-19-23-34(24-20-31)39-29-50-45(52-39)41-17-9-27-56(41)47(58)43(54-49(60)61)36-12-4-3-5-13-36/h3-8,11-16,19-26,29-30,41-44,54H,9-10,17-18,27-28H2,1-2H3,(H,50,52)(H,51,53)(H,60,61)/t41-,42-,43+,44?/m0/s1. The van der Waals surface area contributed by atoms with Crippen molar-refractivity contribution in [1.82, 2.24) is 40.0 Å². The van der Waals surface area contributed by atoms with E-state index in [1.165, 1.54) is 0 Å². The fourth-order valence-electron chi connectivity index (χ4n) is 9.12. The largest absolute Gasteiger partial charge is 0.465 e. The fourth-order valence-corrected chi connectivity index (χ4v) is 9.12. The highest BCUT2D eigenvalue weighted by atomic mass is 16.4. The van der Waals surface area contributed by atoms with Crippen molar-refractivity contribution in [2.75, 3.05) is 27.2 Å². The van der Waals surface area contributed by atoms with Crippen molar-refractivity contribution in [3.05, 3.63) is 156 Å². The van der Waals surface area contributed by atoms with Crippen LogP contribution >= 0.6 is 0 Å². The molecule has 4 N–H and O–H groups in total. The Labute approximate surface area is 354 Å². The number of fused-ring (bicyclic) bond motifs is 1. The van der Waals surface area contributed by atoms with Crippen LogP contribution in [0, 0.1) is 0 Å². The second kappa shape index (κ2) is 16.9. The summed E-state index contributed by atoms with van der Waals surface area (Å²) in [6.45, 7) is 1.21. The van der Waals surface area contributed by atoms with Gasteiger partial charge in [0.1, 0.15) is 23.7 Å². The van der Waals surface area contributed by atoms with Gasteiger partial charge >= 0.3 is 6.09 Å². The summed E-state index contributed by atoms with van der Waals surface area (Å²) >= 11 is 0. The molecule has 1 unspecified atom stereocenters. The van der Waals surface area contributed by atoms with Crippen molar-refractivity contribution < 1.29 is 19.5 Å². The third-order valence-electron chi connectivity index (χ3n) is 12.1. The van der Waals surface area contributed by atoms with Crippen LogP contribution in [0.5, 0.6) is 0 Å². The lowest BCUT2D eigenvalue weighted by molar-refractivity contribution is -0.137. The fraction of sp³-hybridized carbons (Fsp3) is 0.245. The summed E-state index contributed by atoms with van der Waals surface area (Å²) in [6.07, 6.45) is 5.69. The number of aromatic nitrogens is 4. The van der Waals surface area contributed by atoms with Gasteiger partial charge in [-0.05, 0) is 83.9 Å². The Balaban J connectivity index is 0.868. The van der Waals surface area contributed by atoms with Crippen LogP contribution in [-0.2, 0) is 9.59 Å². The van der Waals surface area contributed by atoms with Gasteiger partial charge in [0.15, 0.2) is 0 Å². The Morgan fingerprint density at radius 1 is 0.656 bits per heavy atom. The van der Waals surface area contributed by atoms with E-state index in [9.17, 15) is 19.5 Å². The van der Waals surface area contributed by atoms with Crippen LogP contribution < -0.4 is 5.32 Å². The molecule has 0 radical (unpaired) electrons. The molecule has 0 spiro atoms. The van der Waals surface area contributed by atoms with E-state index in [-0.39, 0.29) is 23.9 Å². The van der Waals surface area contributed by atoms with Crippen LogP contribution in [0.1, 0.15) is 72.6 Å². The number of hydrogen-bond donors (Lipinski definition) is 4. The van der Waals surface area contributed by atoms with Crippen LogP contribution in [-0.4, -0.2) is 84.8 Å². The van der Waals surface area contributed by atoms with Gasteiger partial charge in [-0.3, -0.25) is 14.5 Å². The molecule has 2 aromatic heterocycles. The zero-order valence-corrected chi connectivity index (χ0v) is 34.2. The van der Waals surface area contributed by atoms with Crippen molar-refractivity contribution in [2.45, 2.75) is 49.9 Å². The Bertz CT molecular complexity index is 2670. The number of aromatic amines is 2. The van der Waals surface area contributed by atoms with Gasteiger partial charge in [-0.25, -0.2) is 14.8 Å². The maximum Gasteiger partial charge on any atom is 0.405 e. The molecule has 3 amide bonds. The predicted molar refractivity (Wildman–Crippen MR) is 235 cm³/mol. The van der Waals surface area contributed by atoms with Gasteiger partial charge in [0.05, 0.1) is 35.9 Å². The van der Waals surface area contributed by atoms with Gasteiger partial charge in [-0.15, -0.1) is 0 Å². The lowest BCUT2D eigenvalue weighted by atomic mass is 9.97. The second-order valence-electron chi connectivity index (χ2n) is 16.1. The van der Waals surface area contributed by atoms with Gasteiger partial charge < -0.3 is 30.2 Å². The number of rotatable bonds is 11. The van der Waals surface area contributed by atoms with Crippen molar-refractivity contribution in [3.63, 3.8) is 0 Å². The smallest absolute Gasteiger partial charge is 0.405 e.